The first-order valence-corrected chi connectivity index (χ1v) is 15.9. The SMILES string of the molecule is CC1=NC(CCc2ccc(OCCCc3cccc(Br)c3)c(C(F)(F)F)c2)(COP(OC(C)(C)C)OC(C)(C)C)CO1. The Kier molecular flexibility index (Phi) is 11.9. The Morgan fingerprint density at radius 2 is 1.62 bits per heavy atom. The van der Waals surface area contributed by atoms with Crippen LogP contribution >= 0.6 is 24.5 Å². The second kappa shape index (κ2) is 14.4. The molecule has 2 aromatic carbocycles. The molecule has 1 aliphatic rings. The van der Waals surface area contributed by atoms with Crippen molar-refractivity contribution < 1.29 is 36.2 Å². The quantitative estimate of drug-likeness (QED) is 0.156. The van der Waals surface area contributed by atoms with Crippen LogP contribution in [0.4, 0.5) is 13.2 Å². The molecule has 0 aromatic heterocycles. The van der Waals surface area contributed by atoms with Crippen LogP contribution in [-0.2, 0) is 37.3 Å². The standard InChI is InChI=1S/C31H42BrF3NO5P/c1-22-36-30(20-38-22,21-39-42(40-28(2,3)4)41-29(5,6)7)16-15-24-13-14-27(26(19-24)31(33,34)35)37-17-9-11-23-10-8-12-25(32)18-23/h8,10,12-14,18-19H,9,11,15-17,20-21H2,1-7H3. The Labute approximate surface area is 257 Å². The second-order valence-electron chi connectivity index (χ2n) is 12.5. The van der Waals surface area contributed by atoms with E-state index in [9.17, 15) is 13.2 Å². The largest absolute Gasteiger partial charge is 0.493 e. The number of hydrogen-bond acceptors (Lipinski definition) is 6. The zero-order valence-electron chi connectivity index (χ0n) is 25.4. The lowest BCUT2D eigenvalue weighted by atomic mass is 9.93. The molecule has 2 aromatic rings. The van der Waals surface area contributed by atoms with Crippen LogP contribution in [0.15, 0.2) is 51.9 Å². The molecule has 11 heteroatoms. The van der Waals surface area contributed by atoms with E-state index in [2.05, 4.69) is 20.9 Å². The lowest BCUT2D eigenvalue weighted by Gasteiger charge is -2.32. The van der Waals surface area contributed by atoms with Gasteiger partial charge in [-0.05, 0) is 103 Å². The molecule has 0 radical (unpaired) electrons. The zero-order valence-corrected chi connectivity index (χ0v) is 27.9. The summed E-state index contributed by atoms with van der Waals surface area (Å²) in [6, 6.07) is 12.1. The Balaban J connectivity index is 1.67. The third-order valence-corrected chi connectivity index (χ3v) is 8.29. The van der Waals surface area contributed by atoms with Gasteiger partial charge in [-0.2, -0.15) is 13.2 Å². The van der Waals surface area contributed by atoms with Gasteiger partial charge in [0.05, 0.1) is 30.0 Å². The van der Waals surface area contributed by atoms with Gasteiger partial charge in [-0.15, -0.1) is 0 Å². The van der Waals surface area contributed by atoms with Crippen molar-refractivity contribution in [3.8, 4) is 5.75 Å². The van der Waals surface area contributed by atoms with Gasteiger partial charge < -0.3 is 23.0 Å². The van der Waals surface area contributed by atoms with Crippen molar-refractivity contribution >= 4 is 30.4 Å². The predicted molar refractivity (Wildman–Crippen MR) is 164 cm³/mol. The van der Waals surface area contributed by atoms with Crippen LogP contribution in [0.5, 0.6) is 5.75 Å². The average molecular weight is 677 g/mol. The molecule has 6 nitrogen and oxygen atoms in total. The highest BCUT2D eigenvalue weighted by Crippen LogP contribution is 2.48. The van der Waals surface area contributed by atoms with Gasteiger partial charge in [0.25, 0.3) is 0 Å². The number of aryl methyl sites for hydroxylation is 2. The van der Waals surface area contributed by atoms with Crippen molar-refractivity contribution in [1.82, 2.24) is 0 Å². The van der Waals surface area contributed by atoms with Crippen LogP contribution in [0.25, 0.3) is 0 Å². The fourth-order valence-corrected chi connectivity index (χ4v) is 6.04. The lowest BCUT2D eigenvalue weighted by molar-refractivity contribution is -0.139. The molecule has 42 heavy (non-hydrogen) atoms. The highest BCUT2D eigenvalue weighted by atomic mass is 79.9. The monoisotopic (exact) mass is 675 g/mol. The maximum Gasteiger partial charge on any atom is 0.419 e. The fraction of sp³-hybridized carbons (Fsp3) is 0.581. The van der Waals surface area contributed by atoms with E-state index in [1.807, 2.05) is 65.8 Å². The molecule has 1 unspecified atom stereocenters. The van der Waals surface area contributed by atoms with Gasteiger partial charge in [0.1, 0.15) is 17.9 Å². The van der Waals surface area contributed by atoms with Crippen molar-refractivity contribution in [1.29, 1.82) is 0 Å². The molecule has 1 heterocycles. The van der Waals surface area contributed by atoms with Gasteiger partial charge in [-0.1, -0.05) is 34.1 Å². The number of aliphatic imine (C=N–C) groups is 1. The predicted octanol–water partition coefficient (Wildman–Crippen LogP) is 9.47. The lowest BCUT2D eigenvalue weighted by Crippen LogP contribution is -2.35. The molecule has 0 bridgehead atoms. The summed E-state index contributed by atoms with van der Waals surface area (Å²) in [5.41, 5.74) is -0.920. The van der Waals surface area contributed by atoms with Crippen molar-refractivity contribution in [3.63, 3.8) is 0 Å². The van der Waals surface area contributed by atoms with Gasteiger partial charge in [-0.3, -0.25) is 0 Å². The minimum Gasteiger partial charge on any atom is -0.493 e. The third kappa shape index (κ3) is 11.8. The molecule has 0 amide bonds. The maximum atomic E-state index is 14.0. The summed E-state index contributed by atoms with van der Waals surface area (Å²) < 4.78 is 72.5. The first-order valence-electron chi connectivity index (χ1n) is 14.0. The van der Waals surface area contributed by atoms with Crippen molar-refractivity contribution in [2.75, 3.05) is 19.8 Å². The molecule has 0 spiro atoms. The highest BCUT2D eigenvalue weighted by molar-refractivity contribution is 9.10. The summed E-state index contributed by atoms with van der Waals surface area (Å²) in [5.74, 6) is 0.347. The fourth-order valence-electron chi connectivity index (χ4n) is 4.21. The normalized spacial score (nSPS) is 17.9. The molecule has 0 saturated heterocycles. The first-order chi connectivity index (χ1) is 19.4. The van der Waals surface area contributed by atoms with Crippen molar-refractivity contribution in [2.24, 2.45) is 4.99 Å². The Morgan fingerprint density at radius 3 is 2.19 bits per heavy atom. The molecule has 0 aliphatic carbocycles. The molecule has 0 N–H and O–H groups in total. The zero-order chi connectivity index (χ0) is 31.2. The van der Waals surface area contributed by atoms with Crippen LogP contribution in [0.3, 0.4) is 0 Å². The van der Waals surface area contributed by atoms with Gasteiger partial charge in [0.2, 0.25) is 0 Å². The smallest absolute Gasteiger partial charge is 0.419 e. The van der Waals surface area contributed by atoms with Gasteiger partial charge in [0, 0.05) is 11.4 Å². The number of benzene rings is 2. The maximum absolute atomic E-state index is 14.0. The Bertz CT molecular complexity index is 1200. The molecular weight excluding hydrogens is 634 g/mol. The van der Waals surface area contributed by atoms with Crippen LogP contribution in [-0.4, -0.2) is 42.5 Å². The van der Waals surface area contributed by atoms with E-state index in [4.69, 9.17) is 23.0 Å². The number of nitrogens with zero attached hydrogens (tertiary/aromatic N) is 1. The van der Waals surface area contributed by atoms with Gasteiger partial charge in [-0.25, -0.2) is 4.99 Å². The third-order valence-electron chi connectivity index (χ3n) is 6.06. The number of hydrogen-bond donors (Lipinski definition) is 0. The minimum absolute atomic E-state index is 0.146. The molecule has 3 rings (SSSR count). The number of rotatable bonds is 13. The van der Waals surface area contributed by atoms with E-state index in [0.29, 0.717) is 37.1 Å². The summed E-state index contributed by atoms with van der Waals surface area (Å²) in [6.07, 6.45) is -2.49. The summed E-state index contributed by atoms with van der Waals surface area (Å²) in [5, 5.41) is 0. The first kappa shape index (κ1) is 34.8. The molecule has 0 saturated carbocycles. The topological polar surface area (TPSA) is 58.5 Å². The van der Waals surface area contributed by atoms with E-state index in [-0.39, 0.29) is 25.6 Å². The molecular formula is C31H42BrF3NO5P. The highest BCUT2D eigenvalue weighted by Gasteiger charge is 2.39. The van der Waals surface area contributed by atoms with Crippen LogP contribution < -0.4 is 4.74 Å². The van der Waals surface area contributed by atoms with E-state index in [1.54, 1.807) is 13.0 Å². The van der Waals surface area contributed by atoms with Crippen LogP contribution in [0, 0.1) is 0 Å². The van der Waals surface area contributed by atoms with Crippen LogP contribution in [0.2, 0.25) is 0 Å². The minimum atomic E-state index is -4.55. The number of halogens is 4. The van der Waals surface area contributed by atoms with Gasteiger partial charge >= 0.3 is 14.8 Å². The molecule has 234 valence electrons. The summed E-state index contributed by atoms with van der Waals surface area (Å²) in [4.78, 5) is 4.69. The van der Waals surface area contributed by atoms with E-state index < -0.39 is 37.1 Å². The molecule has 1 aliphatic heterocycles. The van der Waals surface area contributed by atoms with Crippen LogP contribution in [0.1, 0.15) is 78.0 Å². The van der Waals surface area contributed by atoms with E-state index >= 15 is 0 Å². The Hall–Kier alpha value is -1.71. The van der Waals surface area contributed by atoms with Gasteiger partial charge in [0.15, 0.2) is 5.90 Å². The molecule has 0 fully saturated rings. The number of alkyl halides is 3. The Morgan fingerprint density at radius 1 is 0.952 bits per heavy atom. The molecule has 1 atom stereocenters. The average Bonchev–Trinajstić information content (AvgIpc) is 3.23. The van der Waals surface area contributed by atoms with Crippen molar-refractivity contribution in [3.05, 3.63) is 63.6 Å². The van der Waals surface area contributed by atoms with E-state index in [0.717, 1.165) is 10.0 Å². The second-order valence-corrected chi connectivity index (χ2v) is 14.4. The summed E-state index contributed by atoms with van der Waals surface area (Å²) in [7, 11) is -1.71. The number of ether oxygens (including phenoxy) is 2. The van der Waals surface area contributed by atoms with E-state index in [1.165, 1.54) is 12.1 Å². The van der Waals surface area contributed by atoms with Crippen molar-refractivity contribution in [2.45, 2.75) is 97.1 Å². The summed E-state index contributed by atoms with van der Waals surface area (Å²) >= 11 is 3.43. The summed E-state index contributed by atoms with van der Waals surface area (Å²) in [6.45, 7) is 13.9.